The van der Waals surface area contributed by atoms with E-state index in [-0.39, 0.29) is 37.2 Å². The van der Waals surface area contributed by atoms with Gasteiger partial charge in [0.1, 0.15) is 0 Å². The molecule has 1 fully saturated rings. The van der Waals surface area contributed by atoms with E-state index in [0.29, 0.717) is 22.0 Å². The molecule has 11 heteroatoms. The molecule has 0 saturated carbocycles. The molecule has 1 heterocycles. The van der Waals surface area contributed by atoms with Crippen LogP contribution in [0.1, 0.15) is 10.4 Å². The van der Waals surface area contributed by atoms with Gasteiger partial charge in [0.05, 0.1) is 10.7 Å². The zero-order valence-corrected chi connectivity index (χ0v) is 19.8. The number of halogens is 4. The van der Waals surface area contributed by atoms with Gasteiger partial charge >= 0.3 is 12.1 Å². The number of benzene rings is 3. The topological polar surface area (TPSA) is 64.7 Å². The molecule has 6 nitrogen and oxygen atoms in total. The van der Waals surface area contributed by atoms with Crippen LogP contribution in [0.4, 0.5) is 24.5 Å². The molecule has 2 amide bonds. The summed E-state index contributed by atoms with van der Waals surface area (Å²) < 4.78 is 37.9. The number of nitrogens with one attached hydrogen (secondary N) is 2. The molecule has 1 saturated heterocycles. The maximum Gasteiger partial charge on any atom is 0.471 e. The fourth-order valence-electron chi connectivity index (χ4n) is 3.84. The molecule has 35 heavy (non-hydrogen) atoms. The lowest BCUT2D eigenvalue weighted by Gasteiger charge is -2.36. The fraction of sp³-hybridized carbons (Fsp3) is 0.208. The Morgan fingerprint density at radius 3 is 2.26 bits per heavy atom. The molecule has 3 aromatic rings. The number of hydrogen-bond donors (Lipinski definition) is 2. The minimum atomic E-state index is -4.88. The van der Waals surface area contributed by atoms with Crippen molar-refractivity contribution in [3.63, 3.8) is 0 Å². The highest BCUT2D eigenvalue weighted by atomic mass is 35.5. The Bertz CT molecular complexity index is 1290. The van der Waals surface area contributed by atoms with Crippen molar-refractivity contribution in [2.75, 3.05) is 36.4 Å². The van der Waals surface area contributed by atoms with Crippen molar-refractivity contribution in [2.24, 2.45) is 0 Å². The number of fused-ring (bicyclic) bond motifs is 1. The van der Waals surface area contributed by atoms with Crippen molar-refractivity contribution < 1.29 is 22.8 Å². The highest BCUT2D eigenvalue weighted by Crippen LogP contribution is 2.30. The van der Waals surface area contributed by atoms with Gasteiger partial charge < -0.3 is 15.1 Å². The van der Waals surface area contributed by atoms with Gasteiger partial charge in [0.15, 0.2) is 5.11 Å². The Labute approximate surface area is 209 Å². The van der Waals surface area contributed by atoms with Crippen LogP contribution < -0.4 is 15.5 Å². The molecule has 4 rings (SSSR count). The monoisotopic (exact) mass is 520 g/mol. The van der Waals surface area contributed by atoms with Crippen LogP contribution in [0.25, 0.3) is 10.8 Å². The Hall–Kier alpha value is -3.37. The second kappa shape index (κ2) is 10.1. The largest absolute Gasteiger partial charge is 0.471 e. The number of amides is 2. The van der Waals surface area contributed by atoms with Crippen LogP contribution in [0, 0.1) is 0 Å². The number of piperazine rings is 1. The predicted molar refractivity (Wildman–Crippen MR) is 134 cm³/mol. The molecule has 0 aliphatic carbocycles. The normalized spacial score (nSPS) is 14.1. The number of rotatable bonds is 3. The average molecular weight is 521 g/mol. The molecular formula is C24H20ClF3N4O2S. The van der Waals surface area contributed by atoms with Gasteiger partial charge in [0.2, 0.25) is 0 Å². The van der Waals surface area contributed by atoms with Gasteiger partial charge in [-0.3, -0.25) is 14.9 Å². The lowest BCUT2D eigenvalue weighted by molar-refractivity contribution is -0.185. The summed E-state index contributed by atoms with van der Waals surface area (Å²) in [6, 6.07) is 18.1. The Balaban J connectivity index is 1.35. The molecule has 0 atom stereocenters. The predicted octanol–water partition coefficient (Wildman–Crippen LogP) is 4.83. The third-order valence-corrected chi connectivity index (χ3v) is 6.10. The first-order valence-corrected chi connectivity index (χ1v) is 11.4. The molecule has 2 N–H and O–H groups in total. The summed E-state index contributed by atoms with van der Waals surface area (Å²) in [5.41, 5.74) is 1.63. The van der Waals surface area contributed by atoms with Crippen molar-refractivity contribution in [2.45, 2.75) is 6.18 Å². The molecule has 1 aliphatic rings. The minimum Gasteiger partial charge on any atom is -0.367 e. The van der Waals surface area contributed by atoms with Gasteiger partial charge in [0, 0.05) is 37.4 Å². The van der Waals surface area contributed by atoms with Crippen LogP contribution in [0.15, 0.2) is 60.7 Å². The van der Waals surface area contributed by atoms with Crippen molar-refractivity contribution >= 4 is 62.9 Å². The van der Waals surface area contributed by atoms with E-state index in [0.717, 1.165) is 15.7 Å². The SMILES string of the molecule is O=C(NC(=S)Nc1ccc(N2CCN(C(=O)C(F)(F)F)CC2)c(Cl)c1)c1ccc2ccccc2c1. The zero-order valence-electron chi connectivity index (χ0n) is 18.2. The Morgan fingerprint density at radius 1 is 0.914 bits per heavy atom. The maximum atomic E-state index is 12.6. The average Bonchev–Trinajstić information content (AvgIpc) is 2.83. The number of nitrogens with zero attached hydrogens (tertiary/aromatic N) is 2. The van der Waals surface area contributed by atoms with Gasteiger partial charge in [-0.15, -0.1) is 0 Å². The summed E-state index contributed by atoms with van der Waals surface area (Å²) in [5.74, 6) is -2.19. The minimum absolute atomic E-state index is 0.0560. The summed E-state index contributed by atoms with van der Waals surface area (Å²) in [6.45, 7) is 0.322. The summed E-state index contributed by atoms with van der Waals surface area (Å²) in [7, 11) is 0. The number of alkyl halides is 3. The molecule has 0 aromatic heterocycles. The van der Waals surface area contributed by atoms with E-state index < -0.39 is 12.1 Å². The highest BCUT2D eigenvalue weighted by Gasteiger charge is 2.43. The first-order chi connectivity index (χ1) is 16.6. The van der Waals surface area contributed by atoms with Gasteiger partial charge in [-0.2, -0.15) is 13.2 Å². The second-order valence-electron chi connectivity index (χ2n) is 7.91. The van der Waals surface area contributed by atoms with Gasteiger partial charge in [-0.05, 0) is 53.3 Å². The van der Waals surface area contributed by atoms with Crippen LogP contribution in [-0.2, 0) is 4.79 Å². The quantitative estimate of drug-likeness (QED) is 0.484. The van der Waals surface area contributed by atoms with Crippen molar-refractivity contribution in [1.82, 2.24) is 10.2 Å². The summed E-state index contributed by atoms with van der Waals surface area (Å²) in [6.07, 6.45) is -4.88. The van der Waals surface area contributed by atoms with E-state index in [1.807, 2.05) is 35.2 Å². The number of carbonyl (C=O) groups excluding carboxylic acids is 2. The molecule has 0 unspecified atom stereocenters. The molecular weight excluding hydrogens is 501 g/mol. The summed E-state index contributed by atoms with van der Waals surface area (Å²) in [4.78, 5) is 26.6. The fourth-order valence-corrected chi connectivity index (χ4v) is 4.35. The van der Waals surface area contributed by atoms with Gasteiger partial charge in [-0.1, -0.05) is 41.9 Å². The molecule has 3 aromatic carbocycles. The number of anilines is 2. The summed E-state index contributed by atoms with van der Waals surface area (Å²) in [5, 5.41) is 7.94. The van der Waals surface area contributed by atoms with Crippen LogP contribution in [0.2, 0.25) is 5.02 Å². The highest BCUT2D eigenvalue weighted by molar-refractivity contribution is 7.80. The summed E-state index contributed by atoms with van der Waals surface area (Å²) >= 11 is 11.7. The third kappa shape index (κ3) is 5.83. The smallest absolute Gasteiger partial charge is 0.367 e. The van der Waals surface area contributed by atoms with Crippen LogP contribution in [0.3, 0.4) is 0 Å². The first-order valence-electron chi connectivity index (χ1n) is 10.6. The number of thiocarbonyl (C=S) groups is 1. The van der Waals surface area contributed by atoms with Crippen molar-refractivity contribution in [3.8, 4) is 0 Å². The first kappa shape index (κ1) is 24.7. The Kier molecular flexibility index (Phi) is 7.13. The van der Waals surface area contributed by atoms with E-state index >= 15 is 0 Å². The molecule has 0 bridgehead atoms. The second-order valence-corrected chi connectivity index (χ2v) is 8.73. The standard InChI is InChI=1S/C24H20ClF3N4O2S/c25-19-14-18(7-8-20(19)31-9-11-32(12-10-31)22(34)24(26,27)28)29-23(35)30-21(33)17-6-5-15-3-1-2-4-16(15)13-17/h1-8,13-14H,9-12H2,(H2,29,30,33,35). The number of hydrogen-bond acceptors (Lipinski definition) is 4. The number of carbonyl (C=O) groups is 2. The Morgan fingerprint density at radius 2 is 1.60 bits per heavy atom. The van der Waals surface area contributed by atoms with Crippen LogP contribution in [0.5, 0.6) is 0 Å². The van der Waals surface area contributed by atoms with Crippen LogP contribution in [-0.4, -0.2) is 54.2 Å². The molecule has 0 spiro atoms. The lowest BCUT2D eigenvalue weighted by Crippen LogP contribution is -2.52. The zero-order chi connectivity index (χ0) is 25.2. The van der Waals surface area contributed by atoms with E-state index in [4.69, 9.17) is 23.8 Å². The molecule has 182 valence electrons. The lowest BCUT2D eigenvalue weighted by atomic mass is 10.1. The van der Waals surface area contributed by atoms with E-state index in [2.05, 4.69) is 10.6 Å². The maximum absolute atomic E-state index is 12.6. The van der Waals surface area contributed by atoms with E-state index in [9.17, 15) is 22.8 Å². The van der Waals surface area contributed by atoms with E-state index in [1.54, 1.807) is 30.3 Å². The molecule has 0 radical (unpaired) electrons. The van der Waals surface area contributed by atoms with Crippen LogP contribution >= 0.6 is 23.8 Å². The van der Waals surface area contributed by atoms with Gasteiger partial charge in [-0.25, -0.2) is 0 Å². The van der Waals surface area contributed by atoms with Crippen molar-refractivity contribution in [1.29, 1.82) is 0 Å². The molecule has 1 aliphatic heterocycles. The third-order valence-electron chi connectivity index (χ3n) is 5.59. The van der Waals surface area contributed by atoms with E-state index in [1.165, 1.54) is 0 Å². The van der Waals surface area contributed by atoms with Gasteiger partial charge in [0.25, 0.3) is 5.91 Å². The van der Waals surface area contributed by atoms with Crippen molar-refractivity contribution in [3.05, 3.63) is 71.2 Å².